The number of benzene rings is 3. The van der Waals surface area contributed by atoms with Crippen molar-refractivity contribution in [2.24, 2.45) is 5.10 Å². The number of carboxylic acids is 2. The van der Waals surface area contributed by atoms with Gasteiger partial charge in [0.15, 0.2) is 11.5 Å². The monoisotopic (exact) mass is 526 g/mol. The predicted octanol–water partition coefficient (Wildman–Crippen LogP) is 4.00. The summed E-state index contributed by atoms with van der Waals surface area (Å²) >= 11 is 0. The molecule has 3 aromatic carbocycles. The number of ether oxygens (including phenoxy) is 2. The van der Waals surface area contributed by atoms with E-state index in [1.165, 1.54) is 7.11 Å². The van der Waals surface area contributed by atoms with Crippen LogP contribution in [0.4, 0.5) is 0 Å². The highest BCUT2D eigenvalue weighted by Crippen LogP contribution is 2.29. The van der Waals surface area contributed by atoms with Crippen molar-refractivity contribution in [2.75, 3.05) is 13.7 Å². The van der Waals surface area contributed by atoms with Gasteiger partial charge in [-0.25, -0.2) is 9.59 Å². The molecular formula is C26H26N2O8S. The number of methoxy groups -OCH3 is 1. The number of nitrogens with one attached hydrogen (secondary N) is 1. The minimum absolute atomic E-state index is 0.246. The number of hydrogen-bond donors (Lipinski definition) is 3. The van der Waals surface area contributed by atoms with Crippen molar-refractivity contribution in [1.82, 2.24) is 4.83 Å². The van der Waals surface area contributed by atoms with Crippen LogP contribution < -0.4 is 14.3 Å². The van der Waals surface area contributed by atoms with Crippen LogP contribution in [0.2, 0.25) is 0 Å². The quantitative estimate of drug-likeness (QED) is 0.182. The Kier molecular flexibility index (Phi) is 8.86. The van der Waals surface area contributed by atoms with Gasteiger partial charge in [-0.1, -0.05) is 43.7 Å². The Morgan fingerprint density at radius 1 is 0.865 bits per heavy atom. The van der Waals surface area contributed by atoms with E-state index in [0.29, 0.717) is 29.2 Å². The Balaban J connectivity index is 2.05. The maximum Gasteiger partial charge on any atom is 0.335 e. The first-order valence-corrected chi connectivity index (χ1v) is 12.7. The Morgan fingerprint density at radius 3 is 2.08 bits per heavy atom. The molecule has 3 N–H and O–H groups in total. The zero-order chi connectivity index (χ0) is 27.0. The summed E-state index contributed by atoms with van der Waals surface area (Å²) < 4.78 is 37.3. The largest absolute Gasteiger partial charge is 0.493 e. The fraction of sp³-hybridized carbons (Fsp3) is 0.192. The molecule has 0 saturated heterocycles. The summed E-state index contributed by atoms with van der Waals surface area (Å²) in [6.45, 7) is 2.56. The predicted molar refractivity (Wildman–Crippen MR) is 136 cm³/mol. The number of carboxylic acid groups (broad SMARTS) is 2. The SMILES string of the molecule is CCCCOc1ccc(/C(=N/NS(=O)(=O)c2cc(C(=O)O)cc(C(=O)O)c2)c2ccccc2)cc1OC. The van der Waals surface area contributed by atoms with Gasteiger partial charge < -0.3 is 19.7 Å². The number of sulfonamides is 1. The van der Waals surface area contributed by atoms with Crippen molar-refractivity contribution >= 4 is 27.7 Å². The number of hydrazone groups is 1. The maximum atomic E-state index is 13.0. The van der Waals surface area contributed by atoms with Gasteiger partial charge in [0.05, 0.1) is 35.5 Å². The molecule has 0 aliphatic heterocycles. The summed E-state index contributed by atoms with van der Waals surface area (Å²) in [6.07, 6.45) is 1.84. The van der Waals surface area contributed by atoms with E-state index in [1.807, 2.05) is 6.92 Å². The van der Waals surface area contributed by atoms with Crippen molar-refractivity contribution in [2.45, 2.75) is 24.7 Å². The zero-order valence-electron chi connectivity index (χ0n) is 20.2. The van der Waals surface area contributed by atoms with Gasteiger partial charge in [-0.2, -0.15) is 18.4 Å². The standard InChI is InChI=1S/C26H26N2O8S/c1-3-4-12-36-22-11-10-18(16-23(22)35-2)24(17-8-6-5-7-9-17)27-28-37(33,34)21-14-19(25(29)30)13-20(15-21)26(31)32/h5-11,13-16,28H,3-4,12H2,1-2H3,(H,29,30)(H,31,32)/b27-24+. The van der Waals surface area contributed by atoms with Crippen LogP contribution in [0.15, 0.2) is 76.7 Å². The molecule has 0 heterocycles. The lowest BCUT2D eigenvalue weighted by atomic mass is 10.0. The van der Waals surface area contributed by atoms with Crippen LogP contribution in [-0.4, -0.2) is 50.0 Å². The normalized spacial score (nSPS) is 11.6. The molecule has 0 aliphatic rings. The summed E-state index contributed by atoms with van der Waals surface area (Å²) in [5, 5.41) is 22.7. The smallest absolute Gasteiger partial charge is 0.335 e. The molecule has 194 valence electrons. The Bertz CT molecular complexity index is 1390. The lowest BCUT2D eigenvalue weighted by Crippen LogP contribution is -2.22. The van der Waals surface area contributed by atoms with Crippen LogP contribution in [0.3, 0.4) is 0 Å². The van der Waals surface area contributed by atoms with Crippen molar-refractivity contribution in [1.29, 1.82) is 0 Å². The molecule has 37 heavy (non-hydrogen) atoms. The third-order valence-electron chi connectivity index (χ3n) is 5.23. The summed E-state index contributed by atoms with van der Waals surface area (Å²) in [5.74, 6) is -1.98. The molecule has 3 aromatic rings. The van der Waals surface area contributed by atoms with E-state index in [9.17, 15) is 28.2 Å². The minimum atomic E-state index is -4.44. The first kappa shape index (κ1) is 27.2. The second kappa shape index (κ2) is 12.0. The van der Waals surface area contributed by atoms with Crippen molar-refractivity contribution in [3.05, 3.63) is 89.0 Å². The van der Waals surface area contributed by atoms with Crippen LogP contribution in [0.5, 0.6) is 11.5 Å². The second-order valence-electron chi connectivity index (χ2n) is 7.85. The van der Waals surface area contributed by atoms with E-state index >= 15 is 0 Å². The van der Waals surface area contributed by atoms with Crippen molar-refractivity contribution < 1.29 is 37.7 Å². The Morgan fingerprint density at radius 2 is 1.51 bits per heavy atom. The van der Waals surface area contributed by atoms with Gasteiger partial charge in [0.25, 0.3) is 10.0 Å². The van der Waals surface area contributed by atoms with Gasteiger partial charge in [-0.3, -0.25) is 0 Å². The average molecular weight is 527 g/mol. The molecule has 0 saturated carbocycles. The number of nitrogens with zero attached hydrogens (tertiary/aromatic N) is 1. The first-order chi connectivity index (χ1) is 17.7. The first-order valence-electron chi connectivity index (χ1n) is 11.2. The van der Waals surface area contributed by atoms with Gasteiger partial charge in [0, 0.05) is 11.1 Å². The molecule has 0 atom stereocenters. The van der Waals surface area contributed by atoms with E-state index in [2.05, 4.69) is 9.93 Å². The van der Waals surface area contributed by atoms with Crippen LogP contribution in [0.25, 0.3) is 0 Å². The van der Waals surface area contributed by atoms with Crippen LogP contribution in [0.1, 0.15) is 51.6 Å². The van der Waals surface area contributed by atoms with E-state index in [0.717, 1.165) is 31.0 Å². The molecule has 0 fully saturated rings. The van der Waals surface area contributed by atoms with Crippen LogP contribution in [0, 0.1) is 0 Å². The molecule has 0 unspecified atom stereocenters. The highest BCUT2D eigenvalue weighted by atomic mass is 32.2. The number of rotatable bonds is 12. The van der Waals surface area contributed by atoms with Gasteiger partial charge in [-0.15, -0.1) is 0 Å². The Labute approximate surface area is 214 Å². The van der Waals surface area contributed by atoms with E-state index in [1.54, 1.807) is 48.5 Å². The highest BCUT2D eigenvalue weighted by Gasteiger charge is 2.21. The van der Waals surface area contributed by atoms with Crippen LogP contribution in [-0.2, 0) is 10.0 Å². The van der Waals surface area contributed by atoms with Gasteiger partial charge in [-0.05, 0) is 42.8 Å². The lowest BCUT2D eigenvalue weighted by molar-refractivity contribution is 0.0696. The van der Waals surface area contributed by atoms with Crippen molar-refractivity contribution in [3.8, 4) is 11.5 Å². The molecule has 0 amide bonds. The van der Waals surface area contributed by atoms with E-state index < -0.39 is 38.0 Å². The summed E-state index contributed by atoms with van der Waals surface area (Å²) in [7, 11) is -2.95. The van der Waals surface area contributed by atoms with Gasteiger partial charge >= 0.3 is 11.9 Å². The van der Waals surface area contributed by atoms with Gasteiger partial charge in [0.1, 0.15) is 0 Å². The fourth-order valence-electron chi connectivity index (χ4n) is 3.31. The molecule has 0 aromatic heterocycles. The second-order valence-corrected chi connectivity index (χ2v) is 9.51. The van der Waals surface area contributed by atoms with E-state index in [4.69, 9.17) is 9.47 Å². The van der Waals surface area contributed by atoms with Gasteiger partial charge in [0.2, 0.25) is 0 Å². The maximum absolute atomic E-state index is 13.0. The van der Waals surface area contributed by atoms with Crippen molar-refractivity contribution in [3.63, 3.8) is 0 Å². The fourth-order valence-corrected chi connectivity index (χ4v) is 4.19. The summed E-state index contributed by atoms with van der Waals surface area (Å²) in [5.41, 5.74) is 0.360. The highest BCUT2D eigenvalue weighted by molar-refractivity contribution is 7.89. The number of aromatic carboxylic acids is 2. The number of unbranched alkanes of at least 4 members (excludes halogenated alkanes) is 1. The third-order valence-corrected chi connectivity index (χ3v) is 6.42. The molecular weight excluding hydrogens is 500 g/mol. The molecule has 3 rings (SSSR count). The molecule has 0 aliphatic carbocycles. The third kappa shape index (κ3) is 6.85. The molecule has 11 heteroatoms. The zero-order valence-corrected chi connectivity index (χ0v) is 21.0. The average Bonchev–Trinajstić information content (AvgIpc) is 2.89. The lowest BCUT2D eigenvalue weighted by Gasteiger charge is -2.14. The topological polar surface area (TPSA) is 152 Å². The summed E-state index contributed by atoms with van der Waals surface area (Å²) in [4.78, 5) is 24.4. The van der Waals surface area contributed by atoms with Crippen LogP contribution >= 0.6 is 0 Å². The number of hydrogen-bond acceptors (Lipinski definition) is 7. The van der Waals surface area contributed by atoms with E-state index in [-0.39, 0.29) is 5.71 Å². The molecule has 0 bridgehead atoms. The molecule has 0 spiro atoms. The minimum Gasteiger partial charge on any atom is -0.493 e. The molecule has 10 nitrogen and oxygen atoms in total. The summed E-state index contributed by atoms with van der Waals surface area (Å²) in [6, 6.07) is 16.4. The molecule has 0 radical (unpaired) electrons. The number of carbonyl (C=O) groups is 2. The Hall–Kier alpha value is -4.38.